The van der Waals surface area contributed by atoms with Crippen LogP contribution in [-0.4, -0.2) is 32.4 Å². The van der Waals surface area contributed by atoms with Gasteiger partial charge in [0.15, 0.2) is 0 Å². The number of rotatable bonds is 4. The first-order chi connectivity index (χ1) is 10.8. The zero-order valence-corrected chi connectivity index (χ0v) is 16.1. The average Bonchev–Trinajstić information content (AvgIpc) is 2.86. The molecular weight excluding hydrogens is 354 g/mol. The van der Waals surface area contributed by atoms with Gasteiger partial charge >= 0.3 is 5.88 Å². The molecule has 2 rings (SSSR count). The van der Waals surface area contributed by atoms with Gasteiger partial charge in [0.1, 0.15) is 4.21 Å². The van der Waals surface area contributed by atoms with Crippen molar-refractivity contribution >= 4 is 21.2 Å². The topological polar surface area (TPSA) is 95.7 Å². The number of ether oxygens (including phenoxy) is 2. The van der Waals surface area contributed by atoms with Gasteiger partial charge in [-0.05, 0) is 12.1 Å². The van der Waals surface area contributed by atoms with E-state index in [1.165, 1.54) is 6.07 Å². The molecule has 136 valence electrons. The molecule has 0 atom stereocenters. The summed E-state index contributed by atoms with van der Waals surface area (Å²) < 4.78 is 36.3. The molecule has 0 aromatic carbocycles. The van der Waals surface area contributed by atoms with Gasteiger partial charge in [-0.25, -0.2) is 8.42 Å². The molecule has 0 radical (unpaired) electrons. The highest BCUT2D eigenvalue weighted by molar-refractivity contribution is 7.93. The van der Waals surface area contributed by atoms with Crippen molar-refractivity contribution in [2.75, 3.05) is 19.1 Å². The molecule has 1 aliphatic heterocycles. The molecule has 1 aromatic heterocycles. The monoisotopic (exact) mass is 377 g/mol. The number of nitrogens with zero attached hydrogens (tertiary/aromatic N) is 1. The van der Waals surface area contributed by atoms with Gasteiger partial charge in [0.25, 0.3) is 9.84 Å². The third-order valence-electron chi connectivity index (χ3n) is 3.81. The predicted octanol–water partition coefficient (Wildman–Crippen LogP) is 3.03. The fraction of sp³-hybridized carbons (Fsp3) is 0.733. The van der Waals surface area contributed by atoms with Gasteiger partial charge in [0, 0.05) is 15.8 Å². The summed E-state index contributed by atoms with van der Waals surface area (Å²) in [5.74, 6) is -2.19. The van der Waals surface area contributed by atoms with Crippen LogP contribution in [0, 0.1) is 20.9 Å². The van der Waals surface area contributed by atoms with E-state index in [-0.39, 0.29) is 9.62 Å². The smallest absolute Gasteiger partial charge is 0.306 e. The molecule has 0 N–H and O–H groups in total. The number of nitro groups is 1. The lowest BCUT2D eigenvalue weighted by Crippen LogP contribution is -2.52. The first kappa shape index (κ1) is 19.3. The highest BCUT2D eigenvalue weighted by Crippen LogP contribution is 2.50. The SMILES string of the molecule is CC1(C)COC(c2ccc(S(=O)(=O)C[N+](=O)[O-])s2)(C(C)(C)C)OC1. The minimum absolute atomic E-state index is 0.0464. The Hall–Kier alpha value is -1.03. The van der Waals surface area contributed by atoms with Gasteiger partial charge in [0.05, 0.1) is 18.1 Å². The van der Waals surface area contributed by atoms with Gasteiger partial charge in [-0.15, -0.1) is 11.3 Å². The van der Waals surface area contributed by atoms with E-state index in [4.69, 9.17) is 9.47 Å². The van der Waals surface area contributed by atoms with Crippen molar-refractivity contribution in [1.82, 2.24) is 0 Å². The summed E-state index contributed by atoms with van der Waals surface area (Å²) in [6, 6.07) is 3.01. The highest BCUT2D eigenvalue weighted by atomic mass is 32.2. The van der Waals surface area contributed by atoms with Gasteiger partial charge in [0.2, 0.25) is 5.79 Å². The Labute approximate surface area is 146 Å². The molecule has 0 amide bonds. The number of thiophene rings is 1. The molecule has 0 spiro atoms. The van der Waals surface area contributed by atoms with Crippen molar-refractivity contribution in [1.29, 1.82) is 0 Å². The van der Waals surface area contributed by atoms with Crippen LogP contribution < -0.4 is 0 Å². The summed E-state index contributed by atoms with van der Waals surface area (Å²) in [4.78, 5) is 10.3. The van der Waals surface area contributed by atoms with Gasteiger partial charge < -0.3 is 9.47 Å². The maximum absolute atomic E-state index is 12.1. The molecule has 0 aliphatic carbocycles. The Morgan fingerprint density at radius 2 is 1.79 bits per heavy atom. The maximum Gasteiger partial charge on any atom is 0.306 e. The Bertz CT molecular complexity index is 719. The summed E-state index contributed by atoms with van der Waals surface area (Å²) >= 11 is 0.972. The number of hydrogen-bond donors (Lipinski definition) is 0. The molecule has 9 heteroatoms. The van der Waals surface area contributed by atoms with E-state index in [1.807, 2.05) is 34.6 Å². The minimum Gasteiger partial charge on any atom is -0.344 e. The molecule has 24 heavy (non-hydrogen) atoms. The molecule has 0 saturated carbocycles. The lowest BCUT2D eigenvalue weighted by Gasteiger charge is -2.49. The molecule has 2 heterocycles. The summed E-state index contributed by atoms with van der Waals surface area (Å²) in [6.07, 6.45) is 0. The number of hydrogen-bond acceptors (Lipinski definition) is 7. The van der Waals surface area contributed by atoms with Crippen LogP contribution in [0.2, 0.25) is 0 Å². The van der Waals surface area contributed by atoms with E-state index in [0.29, 0.717) is 18.1 Å². The van der Waals surface area contributed by atoms with Gasteiger partial charge in [-0.2, -0.15) is 0 Å². The predicted molar refractivity (Wildman–Crippen MR) is 90.2 cm³/mol. The van der Waals surface area contributed by atoms with Crippen molar-refractivity contribution < 1.29 is 22.8 Å². The van der Waals surface area contributed by atoms with E-state index in [9.17, 15) is 18.5 Å². The quantitative estimate of drug-likeness (QED) is 0.591. The Balaban J connectivity index is 2.42. The van der Waals surface area contributed by atoms with E-state index in [2.05, 4.69) is 0 Å². The molecule has 0 unspecified atom stereocenters. The zero-order chi connectivity index (χ0) is 18.4. The summed E-state index contributed by atoms with van der Waals surface area (Å²) in [5, 5.41) is 10.6. The Morgan fingerprint density at radius 1 is 1.25 bits per heavy atom. The van der Waals surface area contributed by atoms with Crippen LogP contribution in [0.15, 0.2) is 16.3 Å². The molecule has 0 bridgehead atoms. The van der Waals surface area contributed by atoms with E-state index in [0.717, 1.165) is 11.3 Å². The Kier molecular flexibility index (Phi) is 4.86. The second kappa shape index (κ2) is 6.05. The van der Waals surface area contributed by atoms with E-state index < -0.39 is 31.8 Å². The van der Waals surface area contributed by atoms with Crippen molar-refractivity contribution in [3.63, 3.8) is 0 Å². The standard InChI is InChI=1S/C15H23NO6S2/c1-13(2,3)15(21-8-14(4,5)9-22-15)11-6-7-12(23-11)24(19,20)10-16(17)18/h6-7H,8-10H2,1-5H3. The highest BCUT2D eigenvalue weighted by Gasteiger charge is 2.51. The minimum atomic E-state index is -3.96. The Morgan fingerprint density at radius 3 is 2.25 bits per heavy atom. The van der Waals surface area contributed by atoms with Gasteiger partial charge in [-0.3, -0.25) is 10.1 Å². The summed E-state index contributed by atoms with van der Waals surface area (Å²) in [5.41, 5.74) is -0.578. The summed E-state index contributed by atoms with van der Waals surface area (Å²) in [6.45, 7) is 10.9. The molecule has 1 saturated heterocycles. The average molecular weight is 377 g/mol. The fourth-order valence-electron chi connectivity index (χ4n) is 2.49. The van der Waals surface area contributed by atoms with Crippen LogP contribution >= 0.6 is 11.3 Å². The maximum atomic E-state index is 12.1. The van der Waals surface area contributed by atoms with Crippen LogP contribution in [0.25, 0.3) is 0 Å². The largest absolute Gasteiger partial charge is 0.344 e. The van der Waals surface area contributed by atoms with Crippen LogP contribution in [0.4, 0.5) is 0 Å². The fourth-order valence-corrected chi connectivity index (χ4v) is 5.15. The van der Waals surface area contributed by atoms with E-state index in [1.54, 1.807) is 6.07 Å². The van der Waals surface area contributed by atoms with Crippen LogP contribution in [0.3, 0.4) is 0 Å². The molecule has 7 nitrogen and oxygen atoms in total. The van der Waals surface area contributed by atoms with Crippen LogP contribution in [-0.2, 0) is 25.1 Å². The van der Waals surface area contributed by atoms with Crippen molar-refractivity contribution in [3.05, 3.63) is 27.1 Å². The lowest BCUT2D eigenvalue weighted by atomic mass is 9.82. The third kappa shape index (κ3) is 3.63. The van der Waals surface area contributed by atoms with Gasteiger partial charge in [-0.1, -0.05) is 34.6 Å². The van der Waals surface area contributed by atoms with Crippen molar-refractivity contribution in [2.24, 2.45) is 10.8 Å². The first-order valence-corrected chi connectivity index (χ1v) is 9.99. The second-order valence-corrected chi connectivity index (χ2v) is 11.1. The van der Waals surface area contributed by atoms with Crippen molar-refractivity contribution in [3.8, 4) is 0 Å². The first-order valence-electron chi connectivity index (χ1n) is 7.52. The van der Waals surface area contributed by atoms with E-state index >= 15 is 0 Å². The van der Waals surface area contributed by atoms with Crippen molar-refractivity contribution in [2.45, 2.75) is 44.6 Å². The molecule has 1 aromatic rings. The second-order valence-electron chi connectivity index (χ2n) is 7.80. The zero-order valence-electron chi connectivity index (χ0n) is 14.5. The molecule has 1 fully saturated rings. The summed E-state index contributed by atoms with van der Waals surface area (Å²) in [7, 11) is -3.96. The number of sulfone groups is 1. The molecular formula is C15H23NO6S2. The molecule has 1 aliphatic rings. The normalized spacial score (nSPS) is 20.7. The lowest BCUT2D eigenvalue weighted by molar-refractivity contribution is -0.458. The van der Waals surface area contributed by atoms with Crippen LogP contribution in [0.1, 0.15) is 39.5 Å². The third-order valence-corrected chi connectivity index (χ3v) is 7.08. The van der Waals surface area contributed by atoms with Crippen LogP contribution in [0.5, 0.6) is 0 Å².